The van der Waals surface area contributed by atoms with Crippen LogP contribution in [0.4, 0.5) is 0 Å². The number of β-amino-alcohol motifs (C(OH)–C–C–N with tert-alkyl or cyclic N) is 1. The van der Waals surface area contributed by atoms with Crippen molar-refractivity contribution in [3.63, 3.8) is 0 Å². The molecule has 1 aliphatic rings. The normalized spacial score (nSPS) is 20.7. The van der Waals surface area contributed by atoms with E-state index >= 15 is 0 Å². The van der Waals surface area contributed by atoms with Gasteiger partial charge in [0.05, 0.1) is 12.1 Å². The molecule has 8 heteroatoms. The van der Waals surface area contributed by atoms with E-state index in [1.54, 1.807) is 0 Å². The Bertz CT molecular complexity index is 562. The lowest BCUT2D eigenvalue weighted by molar-refractivity contribution is 0.191. The fourth-order valence-corrected chi connectivity index (χ4v) is 2.19. The smallest absolute Gasteiger partial charge is 0.244 e. The van der Waals surface area contributed by atoms with Crippen molar-refractivity contribution in [3.05, 3.63) is 35.7 Å². The van der Waals surface area contributed by atoms with Crippen molar-refractivity contribution in [1.29, 1.82) is 0 Å². The number of aromatic nitrogens is 2. The maximum atomic E-state index is 9.48. The van der Waals surface area contributed by atoms with E-state index in [1.165, 1.54) is 0 Å². The van der Waals surface area contributed by atoms with Crippen LogP contribution in [-0.4, -0.2) is 27.9 Å². The molecular weight excluding hydrogens is 315 g/mol. The van der Waals surface area contributed by atoms with Gasteiger partial charge in [0.2, 0.25) is 11.7 Å². The SMILES string of the molecule is Cl.Cl.NCc1ccc(-c2noc([C@H]3C[C@@H](O)CN3)n2)cc1. The molecule has 1 fully saturated rings. The number of nitrogens with two attached hydrogens (primary N) is 1. The molecule has 0 bridgehead atoms. The number of aliphatic hydroxyl groups excluding tert-OH is 1. The van der Waals surface area contributed by atoms with Crippen LogP contribution in [0.1, 0.15) is 23.9 Å². The van der Waals surface area contributed by atoms with Crippen molar-refractivity contribution in [1.82, 2.24) is 15.5 Å². The zero-order chi connectivity index (χ0) is 13.2. The van der Waals surface area contributed by atoms with Crippen LogP contribution in [0.3, 0.4) is 0 Å². The quantitative estimate of drug-likeness (QED) is 0.786. The van der Waals surface area contributed by atoms with Crippen molar-refractivity contribution in [2.24, 2.45) is 5.73 Å². The van der Waals surface area contributed by atoms with E-state index in [9.17, 15) is 5.11 Å². The molecule has 6 nitrogen and oxygen atoms in total. The van der Waals surface area contributed by atoms with E-state index in [4.69, 9.17) is 10.3 Å². The Morgan fingerprint density at radius 2 is 2.00 bits per heavy atom. The summed E-state index contributed by atoms with van der Waals surface area (Å²) in [5, 5.41) is 16.6. The van der Waals surface area contributed by atoms with E-state index < -0.39 is 0 Å². The monoisotopic (exact) mass is 332 g/mol. The fourth-order valence-electron chi connectivity index (χ4n) is 2.19. The highest BCUT2D eigenvalue weighted by atomic mass is 35.5. The minimum absolute atomic E-state index is 0. The second-order valence-electron chi connectivity index (χ2n) is 4.71. The van der Waals surface area contributed by atoms with Gasteiger partial charge in [0.15, 0.2) is 0 Å². The Morgan fingerprint density at radius 3 is 2.57 bits per heavy atom. The summed E-state index contributed by atoms with van der Waals surface area (Å²) < 4.78 is 5.25. The van der Waals surface area contributed by atoms with Gasteiger partial charge in [-0.2, -0.15) is 4.98 Å². The molecule has 0 unspecified atom stereocenters. The number of nitrogens with one attached hydrogen (secondary N) is 1. The molecule has 3 rings (SSSR count). The van der Waals surface area contributed by atoms with Crippen LogP contribution >= 0.6 is 24.8 Å². The third-order valence-corrected chi connectivity index (χ3v) is 3.30. The summed E-state index contributed by atoms with van der Waals surface area (Å²) in [5.74, 6) is 1.08. The molecule has 4 N–H and O–H groups in total. The molecule has 2 heterocycles. The second kappa shape index (κ2) is 7.72. The first-order valence-corrected chi connectivity index (χ1v) is 6.30. The summed E-state index contributed by atoms with van der Waals surface area (Å²) in [5.41, 5.74) is 7.51. The summed E-state index contributed by atoms with van der Waals surface area (Å²) in [6.45, 7) is 1.08. The second-order valence-corrected chi connectivity index (χ2v) is 4.71. The number of rotatable bonds is 3. The number of hydrogen-bond acceptors (Lipinski definition) is 6. The van der Waals surface area contributed by atoms with Crippen molar-refractivity contribution in [2.75, 3.05) is 6.54 Å². The summed E-state index contributed by atoms with van der Waals surface area (Å²) in [6, 6.07) is 7.69. The Balaban J connectivity index is 0.00000110. The van der Waals surface area contributed by atoms with Gasteiger partial charge in [0.25, 0.3) is 0 Å². The van der Waals surface area contributed by atoms with Crippen molar-refractivity contribution in [2.45, 2.75) is 25.1 Å². The molecule has 1 saturated heterocycles. The standard InChI is InChI=1S/C13H16N4O2.2ClH/c14-6-8-1-3-9(4-2-8)12-16-13(19-17-12)11-5-10(18)7-15-11;;/h1-4,10-11,15,18H,5-7,14H2;2*1H/t10-,11-;;/m1../s1. The summed E-state index contributed by atoms with van der Waals surface area (Å²) in [6.07, 6.45) is 0.262. The molecule has 0 saturated carbocycles. The lowest BCUT2D eigenvalue weighted by Crippen LogP contribution is -2.15. The minimum Gasteiger partial charge on any atom is -0.392 e. The van der Waals surface area contributed by atoms with Crippen molar-refractivity contribution < 1.29 is 9.63 Å². The lowest BCUT2D eigenvalue weighted by Gasteiger charge is -2.01. The van der Waals surface area contributed by atoms with Crippen molar-refractivity contribution >= 4 is 24.8 Å². The third kappa shape index (κ3) is 3.93. The van der Waals surface area contributed by atoms with Gasteiger partial charge in [-0.25, -0.2) is 0 Å². The van der Waals surface area contributed by atoms with Gasteiger partial charge < -0.3 is 20.7 Å². The zero-order valence-electron chi connectivity index (χ0n) is 11.2. The van der Waals surface area contributed by atoms with Crippen molar-refractivity contribution in [3.8, 4) is 11.4 Å². The molecule has 0 spiro atoms. The molecule has 0 amide bonds. The maximum Gasteiger partial charge on any atom is 0.244 e. The van der Waals surface area contributed by atoms with Gasteiger partial charge in [-0.1, -0.05) is 29.4 Å². The number of benzene rings is 1. The minimum atomic E-state index is -0.343. The van der Waals surface area contributed by atoms with Gasteiger partial charge in [-0.3, -0.25) is 0 Å². The highest BCUT2D eigenvalue weighted by Gasteiger charge is 2.28. The Labute approximate surface area is 134 Å². The Hall–Kier alpha value is -1.18. The molecular formula is C13H18Cl2N4O2. The number of halogens is 2. The van der Waals surface area contributed by atoms with E-state index in [0.717, 1.165) is 11.1 Å². The number of hydrogen-bond donors (Lipinski definition) is 3. The molecule has 1 aliphatic heterocycles. The van der Waals surface area contributed by atoms with Gasteiger partial charge >= 0.3 is 0 Å². The van der Waals surface area contributed by atoms with Crippen LogP contribution in [0.25, 0.3) is 11.4 Å². The molecule has 2 aromatic rings. The molecule has 2 atom stereocenters. The van der Waals surface area contributed by atoms with Gasteiger partial charge in [0, 0.05) is 18.7 Å². The molecule has 0 radical (unpaired) electrons. The first-order valence-electron chi connectivity index (χ1n) is 6.30. The first kappa shape index (κ1) is 17.9. The van der Waals surface area contributed by atoms with Crippen LogP contribution in [0.5, 0.6) is 0 Å². The number of nitrogens with zero attached hydrogens (tertiary/aromatic N) is 2. The highest BCUT2D eigenvalue weighted by Crippen LogP contribution is 2.24. The van der Waals surface area contributed by atoms with E-state index in [1.807, 2.05) is 24.3 Å². The summed E-state index contributed by atoms with van der Waals surface area (Å²) in [4.78, 5) is 4.37. The van der Waals surface area contributed by atoms with Gasteiger partial charge in [0.1, 0.15) is 0 Å². The van der Waals surface area contributed by atoms with E-state index in [-0.39, 0.29) is 37.0 Å². The largest absolute Gasteiger partial charge is 0.392 e. The molecule has 0 aliphatic carbocycles. The van der Waals surface area contributed by atoms with Crippen LogP contribution in [0.2, 0.25) is 0 Å². The summed E-state index contributed by atoms with van der Waals surface area (Å²) in [7, 11) is 0. The average Bonchev–Trinajstić information content (AvgIpc) is 3.07. The number of aliphatic hydroxyl groups is 1. The molecule has 21 heavy (non-hydrogen) atoms. The molecule has 116 valence electrons. The maximum absolute atomic E-state index is 9.48. The average molecular weight is 333 g/mol. The van der Waals surface area contributed by atoms with E-state index in [0.29, 0.717) is 31.2 Å². The predicted molar refractivity (Wildman–Crippen MR) is 83.5 cm³/mol. The molecule has 1 aromatic carbocycles. The van der Waals surface area contributed by atoms with Gasteiger partial charge in [-0.15, -0.1) is 24.8 Å². The Morgan fingerprint density at radius 1 is 1.29 bits per heavy atom. The van der Waals surface area contributed by atoms with Crippen LogP contribution in [-0.2, 0) is 6.54 Å². The predicted octanol–water partition coefficient (Wildman–Crippen LogP) is 1.43. The lowest BCUT2D eigenvalue weighted by atomic mass is 10.1. The summed E-state index contributed by atoms with van der Waals surface area (Å²) >= 11 is 0. The third-order valence-electron chi connectivity index (χ3n) is 3.30. The van der Waals surface area contributed by atoms with Crippen LogP contribution in [0, 0.1) is 0 Å². The van der Waals surface area contributed by atoms with E-state index in [2.05, 4.69) is 15.5 Å². The topological polar surface area (TPSA) is 97.2 Å². The highest BCUT2D eigenvalue weighted by molar-refractivity contribution is 5.85. The van der Waals surface area contributed by atoms with Gasteiger partial charge in [-0.05, 0) is 12.0 Å². The first-order chi connectivity index (χ1) is 9.26. The van der Waals surface area contributed by atoms with Crippen LogP contribution < -0.4 is 11.1 Å². The van der Waals surface area contributed by atoms with Crippen LogP contribution in [0.15, 0.2) is 28.8 Å². The molecule has 1 aromatic heterocycles. The zero-order valence-corrected chi connectivity index (χ0v) is 12.9. The fraction of sp³-hybridized carbons (Fsp3) is 0.385. The Kier molecular flexibility index (Phi) is 6.57.